The summed E-state index contributed by atoms with van der Waals surface area (Å²) in [5.74, 6) is 2.57. The summed E-state index contributed by atoms with van der Waals surface area (Å²) < 4.78 is 69.0. The Kier molecular flexibility index (Phi) is 5.04. The molecule has 0 amide bonds. The molecule has 0 saturated heterocycles. The number of ether oxygens (including phenoxy) is 2. The van der Waals surface area contributed by atoms with Gasteiger partial charge in [-0.05, 0) is 54.5 Å². The van der Waals surface area contributed by atoms with Crippen molar-refractivity contribution in [1.29, 1.82) is 0 Å². The molecule has 0 saturated carbocycles. The van der Waals surface area contributed by atoms with E-state index in [1.54, 1.807) is 24.3 Å². The fraction of sp³-hybridized carbons (Fsp3) is 0.125. The summed E-state index contributed by atoms with van der Waals surface area (Å²) in [5, 5.41) is 2.12. The molecular weight excluding hydrogens is 345 g/mol. The highest BCUT2D eigenvalue weighted by Crippen LogP contribution is 2.24. The lowest BCUT2D eigenvalue weighted by molar-refractivity contribution is -0.274. The van der Waals surface area contributed by atoms with Gasteiger partial charge in [0.15, 0.2) is 0 Å². The Bertz CT molecular complexity index is 859. The van der Waals surface area contributed by atoms with Crippen LogP contribution in [0.2, 0.25) is 0 Å². The van der Waals surface area contributed by atoms with Gasteiger partial charge in [0.2, 0.25) is 9.84 Å². The van der Waals surface area contributed by atoms with E-state index in [-0.39, 0.29) is 4.90 Å². The quantitative estimate of drug-likeness (QED) is 0.792. The maximum absolute atomic E-state index is 12.1. The second kappa shape index (κ2) is 6.84. The van der Waals surface area contributed by atoms with Gasteiger partial charge in [0.05, 0.1) is 12.0 Å². The van der Waals surface area contributed by atoms with E-state index in [2.05, 4.69) is 15.9 Å². The average Bonchev–Trinajstić information content (AvgIpc) is 2.52. The second-order valence-electron chi connectivity index (χ2n) is 4.48. The summed E-state index contributed by atoms with van der Waals surface area (Å²) in [5.41, 5.74) is 0.455. The van der Waals surface area contributed by atoms with Crippen molar-refractivity contribution < 1.29 is 31.1 Å². The maximum Gasteiger partial charge on any atom is 0.573 e. The van der Waals surface area contributed by atoms with E-state index in [1.807, 2.05) is 0 Å². The lowest BCUT2D eigenvalue weighted by atomic mass is 10.2. The molecule has 0 heterocycles. The van der Waals surface area contributed by atoms with E-state index < -0.39 is 21.9 Å². The molecule has 126 valence electrons. The molecule has 2 aromatic rings. The third-order valence-electron chi connectivity index (χ3n) is 2.79. The molecule has 0 aromatic heterocycles. The summed E-state index contributed by atoms with van der Waals surface area (Å²) in [4.78, 5) is -0.224. The molecule has 24 heavy (non-hydrogen) atoms. The smallest absolute Gasteiger partial charge is 0.497 e. The SMILES string of the molecule is COc1ccc(C#CS(=O)(=O)c2ccc(OC(F)(F)F)cc2)cc1. The number of hydrogen-bond acceptors (Lipinski definition) is 4. The van der Waals surface area contributed by atoms with Gasteiger partial charge in [0.25, 0.3) is 0 Å². The number of rotatable bonds is 3. The normalized spacial score (nSPS) is 11.3. The van der Waals surface area contributed by atoms with Crippen LogP contribution in [-0.4, -0.2) is 21.9 Å². The van der Waals surface area contributed by atoms with Crippen LogP contribution in [0.3, 0.4) is 0 Å². The largest absolute Gasteiger partial charge is 0.573 e. The van der Waals surface area contributed by atoms with Crippen LogP contribution in [0.5, 0.6) is 11.5 Å². The van der Waals surface area contributed by atoms with E-state index in [1.165, 1.54) is 7.11 Å². The highest BCUT2D eigenvalue weighted by Gasteiger charge is 2.31. The topological polar surface area (TPSA) is 52.6 Å². The molecule has 0 aliphatic heterocycles. The van der Waals surface area contributed by atoms with Crippen LogP contribution in [0, 0.1) is 11.2 Å². The molecule has 0 N–H and O–H groups in total. The molecule has 8 heteroatoms. The van der Waals surface area contributed by atoms with E-state index in [0.717, 1.165) is 24.3 Å². The predicted octanol–water partition coefficient (Wildman–Crippen LogP) is 3.38. The predicted molar refractivity (Wildman–Crippen MR) is 80.2 cm³/mol. The van der Waals surface area contributed by atoms with Crippen molar-refractivity contribution >= 4 is 9.84 Å². The lowest BCUT2D eigenvalue weighted by Gasteiger charge is -2.08. The summed E-state index contributed by atoms with van der Waals surface area (Å²) in [6.07, 6.45) is -4.84. The van der Waals surface area contributed by atoms with Crippen LogP contribution in [0.25, 0.3) is 0 Å². The van der Waals surface area contributed by atoms with Crippen LogP contribution < -0.4 is 9.47 Å². The molecule has 2 rings (SSSR count). The minimum atomic E-state index is -4.84. The second-order valence-corrected chi connectivity index (χ2v) is 6.16. The summed E-state index contributed by atoms with van der Waals surface area (Å²) in [6, 6.07) is 10.2. The van der Waals surface area contributed by atoms with Crippen molar-refractivity contribution in [1.82, 2.24) is 0 Å². The maximum atomic E-state index is 12.1. The van der Waals surface area contributed by atoms with Crippen LogP contribution in [0.1, 0.15) is 5.56 Å². The molecule has 0 unspecified atom stereocenters. The fourth-order valence-electron chi connectivity index (χ4n) is 1.68. The molecule has 0 radical (unpaired) electrons. The summed E-state index contributed by atoms with van der Waals surface area (Å²) in [6.45, 7) is 0. The van der Waals surface area contributed by atoms with Gasteiger partial charge in [-0.2, -0.15) is 0 Å². The molecule has 0 bridgehead atoms. The van der Waals surface area contributed by atoms with Crippen LogP contribution in [-0.2, 0) is 9.84 Å². The Hall–Kier alpha value is -2.66. The number of hydrogen-bond donors (Lipinski definition) is 0. The Labute approximate surface area is 136 Å². The number of benzene rings is 2. The van der Waals surface area contributed by atoms with Crippen molar-refractivity contribution in [2.24, 2.45) is 0 Å². The lowest BCUT2D eigenvalue weighted by Crippen LogP contribution is -2.17. The summed E-state index contributed by atoms with van der Waals surface area (Å²) >= 11 is 0. The fourth-order valence-corrected chi connectivity index (χ4v) is 2.54. The van der Waals surface area contributed by atoms with Gasteiger partial charge >= 0.3 is 6.36 Å². The standard InChI is InChI=1S/C16H11F3O4S/c1-22-13-4-2-12(3-5-13)10-11-24(20,21)15-8-6-14(7-9-15)23-16(17,18)19/h2-9H,1H3. The molecule has 4 nitrogen and oxygen atoms in total. The highest BCUT2D eigenvalue weighted by molar-refractivity contribution is 7.96. The zero-order chi connectivity index (χ0) is 17.8. The average molecular weight is 356 g/mol. The van der Waals surface area contributed by atoms with Crippen LogP contribution in [0.4, 0.5) is 13.2 Å². The molecule has 0 aliphatic carbocycles. The van der Waals surface area contributed by atoms with Crippen molar-refractivity contribution in [2.45, 2.75) is 11.3 Å². The molecule has 0 atom stereocenters. The molecule has 0 fully saturated rings. The van der Waals surface area contributed by atoms with Gasteiger partial charge in [0.1, 0.15) is 11.5 Å². The molecule has 0 aliphatic rings. The Balaban J connectivity index is 2.20. The van der Waals surface area contributed by atoms with Gasteiger partial charge in [-0.25, -0.2) is 8.42 Å². The van der Waals surface area contributed by atoms with Crippen molar-refractivity contribution in [3.63, 3.8) is 0 Å². The van der Waals surface area contributed by atoms with Gasteiger partial charge < -0.3 is 9.47 Å². The zero-order valence-electron chi connectivity index (χ0n) is 12.3. The van der Waals surface area contributed by atoms with Crippen molar-refractivity contribution in [2.75, 3.05) is 7.11 Å². The van der Waals surface area contributed by atoms with E-state index >= 15 is 0 Å². The van der Waals surface area contributed by atoms with Crippen LogP contribution >= 0.6 is 0 Å². The first-order valence-corrected chi connectivity index (χ1v) is 7.96. The number of alkyl halides is 3. The first-order valence-electron chi connectivity index (χ1n) is 6.47. The van der Waals surface area contributed by atoms with E-state index in [9.17, 15) is 21.6 Å². The third-order valence-corrected chi connectivity index (χ3v) is 4.05. The van der Waals surface area contributed by atoms with Gasteiger partial charge in [-0.3, -0.25) is 0 Å². The summed E-state index contributed by atoms with van der Waals surface area (Å²) in [7, 11) is -2.47. The number of methoxy groups -OCH3 is 1. The van der Waals surface area contributed by atoms with Gasteiger partial charge in [-0.1, -0.05) is 0 Å². The Morgan fingerprint density at radius 2 is 1.46 bits per heavy atom. The van der Waals surface area contributed by atoms with E-state index in [0.29, 0.717) is 11.3 Å². The van der Waals surface area contributed by atoms with Gasteiger partial charge in [0, 0.05) is 10.8 Å². The first kappa shape index (κ1) is 17.7. The third kappa shape index (κ3) is 4.93. The van der Waals surface area contributed by atoms with Crippen molar-refractivity contribution in [3.8, 4) is 22.7 Å². The van der Waals surface area contributed by atoms with Crippen LogP contribution in [0.15, 0.2) is 53.4 Å². The number of sulfone groups is 1. The highest BCUT2D eigenvalue weighted by atomic mass is 32.2. The first-order chi connectivity index (χ1) is 11.2. The number of halogens is 3. The Morgan fingerprint density at radius 1 is 0.917 bits per heavy atom. The minimum absolute atomic E-state index is 0.224. The molecule has 2 aromatic carbocycles. The van der Waals surface area contributed by atoms with E-state index in [4.69, 9.17) is 4.74 Å². The monoisotopic (exact) mass is 356 g/mol. The zero-order valence-corrected chi connectivity index (χ0v) is 13.1. The minimum Gasteiger partial charge on any atom is -0.497 e. The molecule has 0 spiro atoms. The molecular formula is C16H11F3O4S. The Morgan fingerprint density at radius 3 is 1.96 bits per heavy atom. The van der Waals surface area contributed by atoms with Crippen molar-refractivity contribution in [3.05, 3.63) is 54.1 Å². The van der Waals surface area contributed by atoms with Gasteiger partial charge in [-0.15, -0.1) is 13.2 Å².